The Balaban J connectivity index is 2.21. The number of nitrogens with zero attached hydrogens (tertiary/aromatic N) is 2. The number of imidazole rings is 1. The molecule has 2 aromatic heterocycles. The number of aryl methyl sites for hydroxylation is 1. The van der Waals surface area contributed by atoms with Crippen molar-refractivity contribution >= 4 is 17.0 Å². The number of aromatic amines is 2. The van der Waals surface area contributed by atoms with Gasteiger partial charge < -0.3 is 10.1 Å². The van der Waals surface area contributed by atoms with Crippen LogP contribution in [-0.2, 0) is 0 Å². The Labute approximate surface area is 106 Å². The molecule has 19 heavy (non-hydrogen) atoms. The van der Waals surface area contributed by atoms with E-state index in [9.17, 15) is 9.18 Å². The smallest absolute Gasteiger partial charge is 0.338 e. The lowest BCUT2D eigenvalue weighted by Gasteiger charge is -1.95. The van der Waals surface area contributed by atoms with Crippen LogP contribution in [0.15, 0.2) is 18.3 Å². The lowest BCUT2D eigenvalue weighted by Crippen LogP contribution is -1.99. The van der Waals surface area contributed by atoms with E-state index < -0.39 is 17.3 Å². The number of fused-ring (bicyclic) bond motifs is 1. The van der Waals surface area contributed by atoms with E-state index in [1.54, 1.807) is 6.20 Å². The predicted octanol–water partition coefficient (Wildman–Crippen LogP) is 2.10. The molecule has 0 aliphatic rings. The minimum absolute atomic E-state index is 0.394. The molecule has 0 radical (unpaired) electrons. The van der Waals surface area contributed by atoms with Crippen molar-refractivity contribution in [2.45, 2.75) is 6.92 Å². The highest BCUT2D eigenvalue weighted by Crippen LogP contribution is 2.24. The van der Waals surface area contributed by atoms with Gasteiger partial charge in [0, 0.05) is 11.8 Å². The monoisotopic (exact) mass is 260 g/mol. The summed E-state index contributed by atoms with van der Waals surface area (Å²) < 4.78 is 13.6. The van der Waals surface area contributed by atoms with Crippen LogP contribution >= 0.6 is 0 Å². The number of hydrogen-bond donors (Lipinski definition) is 3. The van der Waals surface area contributed by atoms with Gasteiger partial charge in [0.05, 0.1) is 28.4 Å². The molecule has 0 fully saturated rings. The van der Waals surface area contributed by atoms with Gasteiger partial charge in [-0.1, -0.05) is 0 Å². The van der Waals surface area contributed by atoms with Crippen LogP contribution in [0.2, 0.25) is 0 Å². The first-order chi connectivity index (χ1) is 9.06. The van der Waals surface area contributed by atoms with Gasteiger partial charge in [0.25, 0.3) is 0 Å². The molecule has 0 saturated heterocycles. The van der Waals surface area contributed by atoms with Crippen molar-refractivity contribution in [3.63, 3.8) is 0 Å². The number of benzene rings is 1. The third-order valence-corrected chi connectivity index (χ3v) is 2.89. The predicted molar refractivity (Wildman–Crippen MR) is 65.3 cm³/mol. The molecule has 3 N–H and O–H groups in total. The lowest BCUT2D eigenvalue weighted by molar-refractivity contribution is 0.0692. The minimum atomic E-state index is -1.32. The fraction of sp³-hybridized carbons (Fsp3) is 0.0833. The number of aromatic carboxylic acids is 1. The molecule has 0 bridgehead atoms. The molecule has 3 rings (SSSR count). The second-order valence-electron chi connectivity index (χ2n) is 4.15. The topological polar surface area (TPSA) is 94.7 Å². The number of carbonyl (C=O) groups is 1. The number of carboxylic acids is 1. The van der Waals surface area contributed by atoms with Gasteiger partial charge in [-0.05, 0) is 13.0 Å². The molecule has 7 heteroatoms. The standard InChI is InChI=1S/C12H9FN4O2/c1-5-7(4-14-17-5)11-15-9-2-6(12(18)19)8(13)3-10(9)16-11/h2-4H,1H3,(H,14,17)(H,15,16)(H,18,19). The Morgan fingerprint density at radius 2 is 2.21 bits per heavy atom. The quantitative estimate of drug-likeness (QED) is 0.657. The summed E-state index contributed by atoms with van der Waals surface area (Å²) in [5, 5.41) is 15.5. The van der Waals surface area contributed by atoms with Crippen LogP contribution in [0.3, 0.4) is 0 Å². The number of halogens is 1. The van der Waals surface area contributed by atoms with Crippen molar-refractivity contribution in [1.29, 1.82) is 0 Å². The SMILES string of the molecule is Cc1[nH]ncc1-c1nc2cc(C(=O)O)c(F)cc2[nH]1. The summed E-state index contributed by atoms with van der Waals surface area (Å²) >= 11 is 0. The van der Waals surface area contributed by atoms with Gasteiger partial charge in [-0.3, -0.25) is 5.10 Å². The van der Waals surface area contributed by atoms with Gasteiger partial charge >= 0.3 is 5.97 Å². The average Bonchev–Trinajstić information content (AvgIpc) is 2.92. The van der Waals surface area contributed by atoms with E-state index in [-0.39, 0.29) is 0 Å². The third-order valence-electron chi connectivity index (χ3n) is 2.89. The number of carboxylic acid groups (broad SMARTS) is 1. The van der Waals surface area contributed by atoms with Crippen LogP contribution in [0.5, 0.6) is 0 Å². The summed E-state index contributed by atoms with van der Waals surface area (Å²) in [7, 11) is 0. The molecule has 0 aliphatic heterocycles. The molecule has 96 valence electrons. The second kappa shape index (κ2) is 3.91. The van der Waals surface area contributed by atoms with Crippen LogP contribution in [0.1, 0.15) is 16.1 Å². The fourth-order valence-corrected chi connectivity index (χ4v) is 1.91. The van der Waals surface area contributed by atoms with E-state index in [0.717, 1.165) is 17.3 Å². The van der Waals surface area contributed by atoms with Crippen LogP contribution in [0.25, 0.3) is 22.4 Å². The van der Waals surface area contributed by atoms with Crippen molar-refractivity contribution in [3.05, 3.63) is 35.4 Å². The first kappa shape index (κ1) is 11.4. The molecule has 0 atom stereocenters. The number of hydrogen-bond acceptors (Lipinski definition) is 3. The Bertz CT molecular complexity index is 790. The zero-order valence-corrected chi connectivity index (χ0v) is 9.86. The lowest BCUT2D eigenvalue weighted by atomic mass is 10.2. The van der Waals surface area contributed by atoms with Gasteiger partial charge in [-0.15, -0.1) is 0 Å². The molecule has 1 aromatic carbocycles. The average molecular weight is 260 g/mol. The van der Waals surface area contributed by atoms with Gasteiger partial charge in [0.15, 0.2) is 0 Å². The van der Waals surface area contributed by atoms with E-state index in [1.807, 2.05) is 6.92 Å². The molecule has 0 aliphatic carbocycles. The molecule has 3 aromatic rings. The minimum Gasteiger partial charge on any atom is -0.478 e. The zero-order valence-electron chi connectivity index (χ0n) is 9.86. The highest BCUT2D eigenvalue weighted by atomic mass is 19.1. The van der Waals surface area contributed by atoms with Crippen molar-refractivity contribution in [2.75, 3.05) is 0 Å². The zero-order chi connectivity index (χ0) is 13.6. The Kier molecular flexibility index (Phi) is 2.34. The summed E-state index contributed by atoms with van der Waals surface area (Å²) in [5.41, 5.74) is 2.02. The number of rotatable bonds is 2. The highest BCUT2D eigenvalue weighted by molar-refractivity contribution is 5.93. The summed E-state index contributed by atoms with van der Waals surface area (Å²) in [6, 6.07) is 2.34. The normalized spacial score (nSPS) is 11.1. The molecule has 0 amide bonds. The maximum absolute atomic E-state index is 13.6. The fourth-order valence-electron chi connectivity index (χ4n) is 1.91. The van der Waals surface area contributed by atoms with Crippen molar-refractivity contribution < 1.29 is 14.3 Å². The van der Waals surface area contributed by atoms with E-state index in [4.69, 9.17) is 5.11 Å². The largest absolute Gasteiger partial charge is 0.478 e. The molecular formula is C12H9FN4O2. The number of nitrogens with one attached hydrogen (secondary N) is 2. The molecule has 2 heterocycles. The van der Waals surface area contributed by atoms with Gasteiger partial charge in [0.2, 0.25) is 0 Å². The molecular weight excluding hydrogens is 251 g/mol. The van der Waals surface area contributed by atoms with Crippen molar-refractivity contribution in [3.8, 4) is 11.4 Å². The first-order valence-corrected chi connectivity index (χ1v) is 5.49. The third kappa shape index (κ3) is 1.75. The van der Waals surface area contributed by atoms with E-state index >= 15 is 0 Å². The number of aromatic nitrogens is 4. The van der Waals surface area contributed by atoms with Crippen molar-refractivity contribution in [1.82, 2.24) is 20.2 Å². The highest BCUT2D eigenvalue weighted by Gasteiger charge is 2.15. The van der Waals surface area contributed by atoms with Gasteiger partial charge in [0.1, 0.15) is 11.6 Å². The molecule has 0 unspecified atom stereocenters. The van der Waals surface area contributed by atoms with Crippen LogP contribution in [-0.4, -0.2) is 31.2 Å². The summed E-state index contributed by atoms with van der Waals surface area (Å²) in [6.45, 7) is 1.83. The van der Waals surface area contributed by atoms with Crippen LogP contribution in [0.4, 0.5) is 4.39 Å². The number of H-pyrrole nitrogens is 2. The maximum Gasteiger partial charge on any atom is 0.338 e. The molecule has 0 spiro atoms. The first-order valence-electron chi connectivity index (χ1n) is 5.49. The molecule has 0 saturated carbocycles. The maximum atomic E-state index is 13.6. The summed E-state index contributed by atoms with van der Waals surface area (Å²) in [6.07, 6.45) is 1.60. The van der Waals surface area contributed by atoms with Crippen molar-refractivity contribution in [2.24, 2.45) is 0 Å². The van der Waals surface area contributed by atoms with Gasteiger partial charge in [-0.2, -0.15) is 5.10 Å². The van der Waals surface area contributed by atoms with E-state index in [0.29, 0.717) is 16.9 Å². The van der Waals surface area contributed by atoms with Crippen LogP contribution in [0, 0.1) is 12.7 Å². The molecule has 6 nitrogen and oxygen atoms in total. The van der Waals surface area contributed by atoms with Gasteiger partial charge in [-0.25, -0.2) is 14.2 Å². The summed E-state index contributed by atoms with van der Waals surface area (Å²) in [5.74, 6) is -1.59. The Morgan fingerprint density at radius 1 is 1.42 bits per heavy atom. The summed E-state index contributed by atoms with van der Waals surface area (Å²) in [4.78, 5) is 18.1. The Morgan fingerprint density at radius 3 is 2.84 bits per heavy atom. The van der Waals surface area contributed by atoms with E-state index in [2.05, 4.69) is 20.2 Å². The second-order valence-corrected chi connectivity index (χ2v) is 4.15. The van der Waals surface area contributed by atoms with E-state index in [1.165, 1.54) is 6.07 Å². The Hall–Kier alpha value is -2.70. The van der Waals surface area contributed by atoms with Crippen LogP contribution < -0.4 is 0 Å².